The van der Waals surface area contributed by atoms with Crippen LogP contribution in [-0.2, 0) is 4.79 Å². The van der Waals surface area contributed by atoms with Crippen molar-refractivity contribution in [3.8, 4) is 11.1 Å². The highest BCUT2D eigenvalue weighted by atomic mass is 16.2. The Morgan fingerprint density at radius 2 is 2.04 bits per heavy atom. The quantitative estimate of drug-likeness (QED) is 0.759. The van der Waals surface area contributed by atoms with Crippen LogP contribution < -0.4 is 5.32 Å². The number of rotatable bonds is 3. The van der Waals surface area contributed by atoms with Gasteiger partial charge in [0.15, 0.2) is 5.82 Å². The molecule has 1 amide bonds. The Morgan fingerprint density at radius 3 is 2.78 bits per heavy atom. The Balaban J connectivity index is 1.66. The fourth-order valence-electron chi connectivity index (χ4n) is 3.07. The van der Waals surface area contributed by atoms with Crippen molar-refractivity contribution in [1.82, 2.24) is 10.2 Å². The summed E-state index contributed by atoms with van der Waals surface area (Å²) >= 11 is 0. The van der Waals surface area contributed by atoms with E-state index in [0.717, 1.165) is 35.7 Å². The van der Waals surface area contributed by atoms with Crippen LogP contribution >= 0.6 is 0 Å². The van der Waals surface area contributed by atoms with Crippen molar-refractivity contribution in [1.29, 1.82) is 0 Å². The Bertz CT molecular complexity index is 877. The smallest absolute Gasteiger partial charge is 0.228 e. The molecular formula is C19H19N3O. The number of carbonyl (C=O) groups excluding carboxylic acids is 1. The number of amides is 1. The van der Waals surface area contributed by atoms with Gasteiger partial charge in [-0.1, -0.05) is 36.8 Å². The maximum Gasteiger partial charge on any atom is 0.228 e. The number of carbonyl (C=O) groups is 1. The monoisotopic (exact) mass is 305 g/mol. The van der Waals surface area contributed by atoms with E-state index in [1.165, 1.54) is 11.1 Å². The molecule has 1 aromatic heterocycles. The molecule has 2 N–H and O–H groups in total. The van der Waals surface area contributed by atoms with Crippen molar-refractivity contribution in [3.05, 3.63) is 48.0 Å². The largest absolute Gasteiger partial charge is 0.308 e. The zero-order chi connectivity index (χ0) is 15.8. The van der Waals surface area contributed by atoms with E-state index in [1.807, 2.05) is 18.2 Å². The van der Waals surface area contributed by atoms with E-state index < -0.39 is 0 Å². The Morgan fingerprint density at radius 1 is 1.22 bits per heavy atom. The average molecular weight is 305 g/mol. The lowest BCUT2D eigenvalue weighted by molar-refractivity contribution is -0.122. The van der Waals surface area contributed by atoms with Gasteiger partial charge in [-0.25, -0.2) is 0 Å². The second-order valence-electron chi connectivity index (χ2n) is 6.26. The number of hydrogen-bond donors (Lipinski definition) is 2. The SMILES string of the molecule is Cc1ccccc1-c1ccc2c(NC(=O)C3CCC3)n[nH]c2c1. The molecule has 1 saturated carbocycles. The summed E-state index contributed by atoms with van der Waals surface area (Å²) in [5.41, 5.74) is 4.54. The number of fused-ring (bicyclic) bond motifs is 1. The van der Waals surface area contributed by atoms with Crippen molar-refractivity contribution in [3.63, 3.8) is 0 Å². The first-order valence-corrected chi connectivity index (χ1v) is 8.07. The number of aromatic nitrogens is 2. The topological polar surface area (TPSA) is 57.8 Å². The normalized spacial score (nSPS) is 14.7. The Labute approximate surface area is 134 Å². The molecular weight excluding hydrogens is 286 g/mol. The molecule has 1 aliphatic rings. The summed E-state index contributed by atoms with van der Waals surface area (Å²) in [6.45, 7) is 2.11. The van der Waals surface area contributed by atoms with Gasteiger partial charge in [0, 0.05) is 11.3 Å². The third-order valence-electron chi connectivity index (χ3n) is 4.74. The highest BCUT2D eigenvalue weighted by Gasteiger charge is 2.26. The molecule has 0 atom stereocenters. The molecule has 1 aliphatic carbocycles. The number of benzene rings is 2. The molecule has 0 bridgehead atoms. The number of hydrogen-bond acceptors (Lipinski definition) is 2. The Kier molecular flexibility index (Phi) is 3.37. The van der Waals surface area contributed by atoms with E-state index in [9.17, 15) is 4.79 Å². The minimum atomic E-state index is 0.0904. The minimum Gasteiger partial charge on any atom is -0.308 e. The highest BCUT2D eigenvalue weighted by Crippen LogP contribution is 2.31. The van der Waals surface area contributed by atoms with Crippen LogP contribution in [0.5, 0.6) is 0 Å². The molecule has 23 heavy (non-hydrogen) atoms. The van der Waals surface area contributed by atoms with Crippen molar-refractivity contribution < 1.29 is 4.79 Å². The average Bonchev–Trinajstić information content (AvgIpc) is 2.88. The van der Waals surface area contributed by atoms with Crippen LogP contribution in [0.2, 0.25) is 0 Å². The van der Waals surface area contributed by atoms with Gasteiger partial charge in [-0.05, 0) is 48.6 Å². The summed E-state index contributed by atoms with van der Waals surface area (Å²) in [6.07, 6.45) is 3.14. The summed E-state index contributed by atoms with van der Waals surface area (Å²) in [4.78, 5) is 12.1. The zero-order valence-electron chi connectivity index (χ0n) is 13.1. The van der Waals surface area contributed by atoms with Crippen molar-refractivity contribution >= 4 is 22.6 Å². The molecule has 0 aliphatic heterocycles. The van der Waals surface area contributed by atoms with E-state index in [2.05, 4.69) is 46.7 Å². The summed E-state index contributed by atoms with van der Waals surface area (Å²) in [5.74, 6) is 0.883. The lowest BCUT2D eigenvalue weighted by Gasteiger charge is -2.23. The van der Waals surface area contributed by atoms with Crippen LogP contribution in [0.15, 0.2) is 42.5 Å². The minimum absolute atomic E-state index is 0.0904. The molecule has 0 unspecified atom stereocenters. The molecule has 4 heteroatoms. The van der Waals surface area contributed by atoms with Gasteiger partial charge in [-0.15, -0.1) is 0 Å². The number of nitrogens with one attached hydrogen (secondary N) is 2. The molecule has 0 radical (unpaired) electrons. The van der Waals surface area contributed by atoms with Crippen LogP contribution in [0.25, 0.3) is 22.0 Å². The summed E-state index contributed by atoms with van der Waals surface area (Å²) in [5, 5.41) is 11.2. The fraction of sp³-hybridized carbons (Fsp3) is 0.263. The lowest BCUT2D eigenvalue weighted by atomic mass is 9.85. The van der Waals surface area contributed by atoms with Gasteiger partial charge in [-0.2, -0.15) is 5.10 Å². The molecule has 1 fully saturated rings. The standard InChI is InChI=1S/C19H19N3O/c1-12-5-2-3-8-15(12)14-9-10-16-17(11-14)21-22-18(16)20-19(23)13-6-4-7-13/h2-3,5,8-11,13H,4,6-7H2,1H3,(H2,20,21,22,23). The van der Waals surface area contributed by atoms with Crippen molar-refractivity contribution in [2.75, 3.05) is 5.32 Å². The van der Waals surface area contributed by atoms with Gasteiger partial charge in [0.1, 0.15) is 0 Å². The summed E-state index contributed by atoms with van der Waals surface area (Å²) in [6, 6.07) is 14.5. The second-order valence-corrected chi connectivity index (χ2v) is 6.26. The van der Waals surface area contributed by atoms with E-state index in [-0.39, 0.29) is 11.8 Å². The third-order valence-corrected chi connectivity index (χ3v) is 4.74. The molecule has 0 saturated heterocycles. The van der Waals surface area contributed by atoms with Crippen LogP contribution in [0, 0.1) is 12.8 Å². The van der Waals surface area contributed by atoms with E-state index in [4.69, 9.17) is 0 Å². The predicted molar refractivity (Wildman–Crippen MR) is 92.2 cm³/mol. The fourth-order valence-corrected chi connectivity index (χ4v) is 3.07. The molecule has 2 aromatic carbocycles. The first-order valence-electron chi connectivity index (χ1n) is 8.07. The zero-order valence-corrected chi connectivity index (χ0v) is 13.1. The van der Waals surface area contributed by atoms with Crippen molar-refractivity contribution in [2.45, 2.75) is 26.2 Å². The number of anilines is 1. The van der Waals surface area contributed by atoms with Crippen molar-refractivity contribution in [2.24, 2.45) is 5.92 Å². The van der Waals surface area contributed by atoms with Gasteiger partial charge in [0.05, 0.1) is 5.52 Å². The molecule has 3 aromatic rings. The third kappa shape index (κ3) is 2.50. The van der Waals surface area contributed by atoms with E-state index in [1.54, 1.807) is 0 Å². The maximum absolute atomic E-state index is 12.1. The molecule has 4 rings (SSSR count). The van der Waals surface area contributed by atoms with Crippen LogP contribution in [0.1, 0.15) is 24.8 Å². The number of H-pyrrole nitrogens is 1. The van der Waals surface area contributed by atoms with E-state index in [0.29, 0.717) is 5.82 Å². The van der Waals surface area contributed by atoms with Gasteiger partial charge in [0.2, 0.25) is 5.91 Å². The van der Waals surface area contributed by atoms with Crippen LogP contribution in [-0.4, -0.2) is 16.1 Å². The number of nitrogens with zero attached hydrogens (tertiary/aromatic N) is 1. The maximum atomic E-state index is 12.1. The van der Waals surface area contributed by atoms with Gasteiger partial charge < -0.3 is 5.32 Å². The molecule has 116 valence electrons. The lowest BCUT2D eigenvalue weighted by Crippen LogP contribution is -2.28. The van der Waals surface area contributed by atoms with Gasteiger partial charge in [0.25, 0.3) is 0 Å². The van der Waals surface area contributed by atoms with Gasteiger partial charge >= 0.3 is 0 Å². The first kappa shape index (κ1) is 14.0. The summed E-state index contributed by atoms with van der Waals surface area (Å²) in [7, 11) is 0. The number of aromatic amines is 1. The summed E-state index contributed by atoms with van der Waals surface area (Å²) < 4.78 is 0. The predicted octanol–water partition coefficient (Wildman–Crippen LogP) is 4.28. The second kappa shape index (κ2) is 5.54. The van der Waals surface area contributed by atoms with E-state index >= 15 is 0 Å². The van der Waals surface area contributed by atoms with Crippen LogP contribution in [0.3, 0.4) is 0 Å². The van der Waals surface area contributed by atoms with Gasteiger partial charge in [-0.3, -0.25) is 9.89 Å². The molecule has 4 nitrogen and oxygen atoms in total. The first-order chi connectivity index (χ1) is 11.2. The van der Waals surface area contributed by atoms with Crippen LogP contribution in [0.4, 0.5) is 5.82 Å². The highest BCUT2D eigenvalue weighted by molar-refractivity contribution is 6.01. The Hall–Kier alpha value is -2.62. The number of aryl methyl sites for hydroxylation is 1. The molecule has 0 spiro atoms. The molecule has 1 heterocycles.